The van der Waals surface area contributed by atoms with Gasteiger partial charge in [0.1, 0.15) is 11.4 Å². The standard InChI is InChI=1S/C17H23N3O2/c1-11-7-5-8-12-14(11)19-15(18-12)13-9-6-10-20(13)16(21)22-17(2,3)4/h5,7-8,13H,6,9-10H2,1-4H3,(H,18,19). The Labute approximate surface area is 130 Å². The lowest BCUT2D eigenvalue weighted by atomic mass is 10.2. The van der Waals surface area contributed by atoms with Crippen LogP contribution >= 0.6 is 0 Å². The average molecular weight is 301 g/mol. The zero-order chi connectivity index (χ0) is 15.9. The Kier molecular flexibility index (Phi) is 3.59. The molecule has 1 atom stereocenters. The summed E-state index contributed by atoms with van der Waals surface area (Å²) < 4.78 is 5.52. The molecule has 1 amide bonds. The Balaban J connectivity index is 1.88. The van der Waals surface area contributed by atoms with Crippen molar-refractivity contribution in [2.24, 2.45) is 0 Å². The van der Waals surface area contributed by atoms with Crippen molar-refractivity contribution in [1.29, 1.82) is 0 Å². The van der Waals surface area contributed by atoms with Crippen LogP contribution in [0.25, 0.3) is 11.0 Å². The molecular weight excluding hydrogens is 278 g/mol. The number of amides is 1. The summed E-state index contributed by atoms with van der Waals surface area (Å²) in [5.74, 6) is 0.854. The maximum Gasteiger partial charge on any atom is 0.410 e. The van der Waals surface area contributed by atoms with Gasteiger partial charge in [0.15, 0.2) is 0 Å². The molecule has 1 aliphatic rings. The van der Waals surface area contributed by atoms with Crippen molar-refractivity contribution in [1.82, 2.24) is 14.9 Å². The Hall–Kier alpha value is -2.04. The summed E-state index contributed by atoms with van der Waals surface area (Å²) in [7, 11) is 0. The second-order valence-electron chi connectivity index (χ2n) is 6.92. The smallest absolute Gasteiger partial charge is 0.410 e. The van der Waals surface area contributed by atoms with Gasteiger partial charge in [0.2, 0.25) is 0 Å². The maximum absolute atomic E-state index is 12.4. The molecule has 0 bridgehead atoms. The molecule has 5 nitrogen and oxygen atoms in total. The first-order valence-electron chi connectivity index (χ1n) is 7.80. The van der Waals surface area contributed by atoms with Crippen LogP contribution in [0.5, 0.6) is 0 Å². The van der Waals surface area contributed by atoms with Crippen LogP contribution in [-0.4, -0.2) is 33.1 Å². The molecule has 1 aliphatic heterocycles. The number of benzene rings is 1. The molecule has 1 aromatic carbocycles. The molecule has 22 heavy (non-hydrogen) atoms. The second kappa shape index (κ2) is 5.30. The van der Waals surface area contributed by atoms with E-state index in [1.807, 2.05) is 45.9 Å². The van der Waals surface area contributed by atoms with Crippen LogP contribution < -0.4 is 0 Å². The van der Waals surface area contributed by atoms with Gasteiger partial charge in [-0.3, -0.25) is 4.90 Å². The van der Waals surface area contributed by atoms with Gasteiger partial charge in [-0.05, 0) is 52.2 Å². The van der Waals surface area contributed by atoms with Gasteiger partial charge >= 0.3 is 6.09 Å². The van der Waals surface area contributed by atoms with Gasteiger partial charge in [-0.25, -0.2) is 9.78 Å². The van der Waals surface area contributed by atoms with E-state index >= 15 is 0 Å². The van der Waals surface area contributed by atoms with Crippen molar-refractivity contribution >= 4 is 17.1 Å². The maximum atomic E-state index is 12.4. The zero-order valence-electron chi connectivity index (χ0n) is 13.6. The average Bonchev–Trinajstić information content (AvgIpc) is 3.03. The van der Waals surface area contributed by atoms with E-state index in [2.05, 4.69) is 4.98 Å². The Bertz CT molecular complexity index is 699. The van der Waals surface area contributed by atoms with E-state index in [0.29, 0.717) is 0 Å². The summed E-state index contributed by atoms with van der Waals surface area (Å²) in [4.78, 5) is 22.3. The summed E-state index contributed by atoms with van der Waals surface area (Å²) in [6.07, 6.45) is 1.63. The minimum Gasteiger partial charge on any atom is -0.444 e. The molecule has 0 radical (unpaired) electrons. The van der Waals surface area contributed by atoms with Crippen LogP contribution in [0.3, 0.4) is 0 Å². The van der Waals surface area contributed by atoms with Gasteiger partial charge in [-0.2, -0.15) is 0 Å². The molecule has 1 aromatic heterocycles. The molecule has 118 valence electrons. The van der Waals surface area contributed by atoms with Crippen LogP contribution in [0.1, 0.15) is 51.0 Å². The first kappa shape index (κ1) is 14.9. The van der Waals surface area contributed by atoms with Crippen LogP contribution in [0.15, 0.2) is 18.2 Å². The predicted octanol–water partition coefficient (Wildman–Crippen LogP) is 3.94. The number of fused-ring (bicyclic) bond motifs is 1. The largest absolute Gasteiger partial charge is 0.444 e. The number of likely N-dealkylation sites (tertiary alicyclic amines) is 1. The zero-order valence-corrected chi connectivity index (χ0v) is 13.6. The normalized spacial score (nSPS) is 18.9. The quantitative estimate of drug-likeness (QED) is 0.867. The molecule has 1 N–H and O–H groups in total. The van der Waals surface area contributed by atoms with Crippen molar-refractivity contribution in [3.8, 4) is 0 Å². The summed E-state index contributed by atoms with van der Waals surface area (Å²) in [6, 6.07) is 6.06. The molecule has 0 spiro atoms. The number of imidazole rings is 1. The molecule has 3 rings (SSSR count). The lowest BCUT2D eigenvalue weighted by Crippen LogP contribution is -2.36. The number of hydrogen-bond acceptors (Lipinski definition) is 3. The first-order valence-corrected chi connectivity index (χ1v) is 7.80. The number of ether oxygens (including phenoxy) is 1. The van der Waals surface area contributed by atoms with Gasteiger partial charge in [-0.1, -0.05) is 12.1 Å². The highest BCUT2D eigenvalue weighted by Gasteiger charge is 2.34. The molecule has 2 heterocycles. The number of rotatable bonds is 1. The lowest BCUT2D eigenvalue weighted by Gasteiger charge is -2.27. The van der Waals surface area contributed by atoms with E-state index in [4.69, 9.17) is 9.72 Å². The summed E-state index contributed by atoms with van der Waals surface area (Å²) in [5.41, 5.74) is 2.66. The van der Waals surface area contributed by atoms with E-state index < -0.39 is 5.60 Å². The van der Waals surface area contributed by atoms with Crippen LogP contribution in [0.2, 0.25) is 0 Å². The SMILES string of the molecule is Cc1cccc2[nH]c(C3CCCN3C(=O)OC(C)(C)C)nc12. The minimum atomic E-state index is -0.477. The molecule has 1 saturated heterocycles. The highest BCUT2D eigenvalue weighted by molar-refractivity contribution is 5.78. The van der Waals surface area contributed by atoms with E-state index in [9.17, 15) is 4.79 Å². The number of para-hydroxylation sites is 1. The van der Waals surface area contributed by atoms with Gasteiger partial charge < -0.3 is 9.72 Å². The fourth-order valence-electron chi connectivity index (χ4n) is 2.94. The summed E-state index contributed by atoms with van der Waals surface area (Å²) in [5, 5.41) is 0. The van der Waals surface area contributed by atoms with Crippen molar-refractivity contribution in [2.45, 2.75) is 52.2 Å². The third kappa shape index (κ3) is 2.80. The topological polar surface area (TPSA) is 58.2 Å². The Morgan fingerprint density at radius 2 is 2.18 bits per heavy atom. The minimum absolute atomic E-state index is 0.0263. The van der Waals surface area contributed by atoms with Gasteiger partial charge in [0.05, 0.1) is 17.1 Å². The van der Waals surface area contributed by atoms with Crippen molar-refractivity contribution < 1.29 is 9.53 Å². The van der Waals surface area contributed by atoms with Crippen LogP contribution in [-0.2, 0) is 4.74 Å². The van der Waals surface area contributed by atoms with Gasteiger partial charge in [0.25, 0.3) is 0 Å². The molecule has 5 heteroatoms. The fraction of sp³-hybridized carbons (Fsp3) is 0.529. The number of carbonyl (C=O) groups is 1. The number of carbonyl (C=O) groups excluding carboxylic acids is 1. The van der Waals surface area contributed by atoms with E-state index in [-0.39, 0.29) is 12.1 Å². The molecule has 2 aromatic rings. The van der Waals surface area contributed by atoms with E-state index in [1.54, 1.807) is 4.90 Å². The molecule has 0 aliphatic carbocycles. The third-order valence-electron chi connectivity index (χ3n) is 3.93. The van der Waals surface area contributed by atoms with E-state index in [1.165, 1.54) is 0 Å². The van der Waals surface area contributed by atoms with Crippen molar-refractivity contribution in [3.05, 3.63) is 29.6 Å². The monoisotopic (exact) mass is 301 g/mol. The predicted molar refractivity (Wildman–Crippen MR) is 85.7 cm³/mol. The molecule has 1 unspecified atom stereocenters. The second-order valence-corrected chi connectivity index (χ2v) is 6.92. The lowest BCUT2D eigenvalue weighted by molar-refractivity contribution is 0.0219. The fourth-order valence-corrected chi connectivity index (χ4v) is 2.94. The van der Waals surface area contributed by atoms with E-state index in [0.717, 1.165) is 41.8 Å². The molecule has 0 saturated carbocycles. The highest BCUT2D eigenvalue weighted by Crippen LogP contribution is 2.33. The summed E-state index contributed by atoms with van der Waals surface area (Å²) >= 11 is 0. The first-order chi connectivity index (χ1) is 10.3. The number of H-pyrrole nitrogens is 1. The number of aromatic amines is 1. The Morgan fingerprint density at radius 1 is 1.41 bits per heavy atom. The van der Waals surface area contributed by atoms with Crippen LogP contribution in [0.4, 0.5) is 4.79 Å². The van der Waals surface area contributed by atoms with Crippen LogP contribution in [0, 0.1) is 6.92 Å². The number of nitrogens with zero attached hydrogens (tertiary/aromatic N) is 2. The Morgan fingerprint density at radius 3 is 2.86 bits per heavy atom. The molecular formula is C17H23N3O2. The summed E-state index contributed by atoms with van der Waals surface area (Å²) in [6.45, 7) is 8.43. The number of aryl methyl sites for hydroxylation is 1. The number of aromatic nitrogens is 2. The third-order valence-corrected chi connectivity index (χ3v) is 3.93. The van der Waals surface area contributed by atoms with Crippen molar-refractivity contribution in [3.63, 3.8) is 0 Å². The molecule has 1 fully saturated rings. The van der Waals surface area contributed by atoms with Gasteiger partial charge in [0, 0.05) is 6.54 Å². The van der Waals surface area contributed by atoms with Gasteiger partial charge in [-0.15, -0.1) is 0 Å². The number of hydrogen-bond donors (Lipinski definition) is 1. The highest BCUT2D eigenvalue weighted by atomic mass is 16.6. The number of nitrogens with one attached hydrogen (secondary N) is 1. The van der Waals surface area contributed by atoms with Crippen molar-refractivity contribution in [2.75, 3.05) is 6.54 Å².